The lowest BCUT2D eigenvalue weighted by molar-refractivity contribution is -0.126. The predicted octanol–water partition coefficient (Wildman–Crippen LogP) is 0.329. The Kier molecular flexibility index (Phi) is 4.64. The van der Waals surface area contributed by atoms with E-state index in [1.165, 1.54) is 4.90 Å². The molecule has 7 nitrogen and oxygen atoms in total. The zero-order valence-electron chi connectivity index (χ0n) is 12.0. The number of ether oxygens (including phenoxy) is 2. The molecular formula is C14H18N2O5. The van der Waals surface area contributed by atoms with Gasteiger partial charge in [0.1, 0.15) is 30.8 Å². The molecule has 0 bridgehead atoms. The SMILES string of the molecule is COc1ccc(OC[C@H](O)CN2C(=O)CN(C)C2=O)cc1. The van der Waals surface area contributed by atoms with Gasteiger partial charge in [-0.2, -0.15) is 0 Å². The summed E-state index contributed by atoms with van der Waals surface area (Å²) in [7, 11) is 3.11. The number of β-amino-alcohol motifs (C(OH)–C–C–N with tert-alkyl or cyclic N) is 1. The largest absolute Gasteiger partial charge is 0.497 e. The third kappa shape index (κ3) is 3.63. The molecule has 0 radical (unpaired) electrons. The number of hydrogen-bond acceptors (Lipinski definition) is 5. The van der Waals surface area contributed by atoms with Crippen molar-refractivity contribution in [1.82, 2.24) is 9.80 Å². The summed E-state index contributed by atoms with van der Waals surface area (Å²) in [6, 6.07) is 6.51. The van der Waals surface area contributed by atoms with Crippen LogP contribution in [0.4, 0.5) is 4.79 Å². The number of nitrogens with zero attached hydrogens (tertiary/aromatic N) is 2. The number of carbonyl (C=O) groups excluding carboxylic acids is 2. The van der Waals surface area contributed by atoms with Crippen molar-refractivity contribution in [3.8, 4) is 11.5 Å². The van der Waals surface area contributed by atoms with Crippen molar-refractivity contribution in [1.29, 1.82) is 0 Å². The van der Waals surface area contributed by atoms with E-state index in [0.717, 1.165) is 4.90 Å². The fourth-order valence-corrected chi connectivity index (χ4v) is 1.98. The summed E-state index contributed by atoms with van der Waals surface area (Å²) in [5.41, 5.74) is 0. The highest BCUT2D eigenvalue weighted by atomic mass is 16.5. The molecule has 0 aliphatic carbocycles. The number of likely N-dealkylation sites (N-methyl/N-ethyl adjacent to an activating group) is 1. The Morgan fingerprint density at radius 3 is 2.38 bits per heavy atom. The Labute approximate surface area is 122 Å². The number of benzene rings is 1. The topological polar surface area (TPSA) is 79.3 Å². The van der Waals surface area contributed by atoms with E-state index in [2.05, 4.69) is 0 Å². The first-order valence-corrected chi connectivity index (χ1v) is 6.51. The number of aliphatic hydroxyl groups is 1. The minimum Gasteiger partial charge on any atom is -0.497 e. The minimum absolute atomic E-state index is 0.00684. The molecule has 7 heteroatoms. The number of rotatable bonds is 6. The lowest BCUT2D eigenvalue weighted by Gasteiger charge is -2.18. The molecule has 1 aromatic rings. The summed E-state index contributed by atoms with van der Waals surface area (Å²) in [4.78, 5) is 25.6. The van der Waals surface area contributed by atoms with Crippen LogP contribution in [-0.4, -0.2) is 66.8 Å². The quantitative estimate of drug-likeness (QED) is 0.765. The molecule has 0 saturated carbocycles. The first-order chi connectivity index (χ1) is 10.0. The molecule has 1 N–H and O–H groups in total. The standard InChI is InChI=1S/C14H18N2O5/c1-15-8-13(18)16(14(15)19)7-10(17)9-21-12-5-3-11(20-2)4-6-12/h3-6,10,17H,7-9H2,1-2H3/t10-/m1/s1. The zero-order valence-corrected chi connectivity index (χ0v) is 12.0. The van der Waals surface area contributed by atoms with Crippen LogP contribution in [0.1, 0.15) is 0 Å². The van der Waals surface area contributed by atoms with Gasteiger partial charge < -0.3 is 19.5 Å². The van der Waals surface area contributed by atoms with Gasteiger partial charge in [-0.3, -0.25) is 9.69 Å². The highest BCUT2D eigenvalue weighted by Gasteiger charge is 2.34. The lowest BCUT2D eigenvalue weighted by Crippen LogP contribution is -2.40. The summed E-state index contributed by atoms with van der Waals surface area (Å²) in [6.07, 6.45) is -0.938. The molecule has 0 aromatic heterocycles. The van der Waals surface area contributed by atoms with Gasteiger partial charge in [-0.25, -0.2) is 4.79 Å². The minimum atomic E-state index is -0.938. The molecule has 1 aromatic carbocycles. The highest BCUT2D eigenvalue weighted by Crippen LogP contribution is 2.17. The van der Waals surface area contributed by atoms with Crippen LogP contribution < -0.4 is 9.47 Å². The molecule has 0 spiro atoms. The van der Waals surface area contributed by atoms with Gasteiger partial charge in [0.05, 0.1) is 13.7 Å². The Bertz CT molecular complexity index is 517. The molecule has 1 aliphatic heterocycles. The molecule has 21 heavy (non-hydrogen) atoms. The van der Waals surface area contributed by atoms with E-state index in [0.29, 0.717) is 11.5 Å². The van der Waals surface area contributed by atoms with E-state index >= 15 is 0 Å². The van der Waals surface area contributed by atoms with Gasteiger partial charge in [0, 0.05) is 7.05 Å². The van der Waals surface area contributed by atoms with E-state index in [1.807, 2.05) is 0 Å². The number of aliphatic hydroxyl groups excluding tert-OH is 1. The smallest absolute Gasteiger partial charge is 0.327 e. The van der Waals surface area contributed by atoms with Crippen LogP contribution in [0.3, 0.4) is 0 Å². The van der Waals surface area contributed by atoms with Crippen molar-refractivity contribution < 1.29 is 24.2 Å². The van der Waals surface area contributed by atoms with Crippen LogP contribution in [-0.2, 0) is 4.79 Å². The number of hydrogen-bond donors (Lipinski definition) is 1. The van der Waals surface area contributed by atoms with E-state index in [9.17, 15) is 14.7 Å². The first-order valence-electron chi connectivity index (χ1n) is 6.51. The van der Waals surface area contributed by atoms with E-state index in [4.69, 9.17) is 9.47 Å². The molecular weight excluding hydrogens is 276 g/mol. The number of imide groups is 1. The Morgan fingerprint density at radius 1 is 1.24 bits per heavy atom. The summed E-state index contributed by atoms with van der Waals surface area (Å²) in [5, 5.41) is 9.88. The summed E-state index contributed by atoms with van der Waals surface area (Å²) >= 11 is 0. The van der Waals surface area contributed by atoms with Gasteiger partial charge in [-0.05, 0) is 24.3 Å². The van der Waals surface area contributed by atoms with E-state index in [1.54, 1.807) is 38.4 Å². The van der Waals surface area contributed by atoms with Gasteiger partial charge in [-0.15, -0.1) is 0 Å². The van der Waals surface area contributed by atoms with Crippen LogP contribution in [0, 0.1) is 0 Å². The average Bonchev–Trinajstić information content (AvgIpc) is 2.72. The van der Waals surface area contributed by atoms with Crippen molar-refractivity contribution in [2.24, 2.45) is 0 Å². The highest BCUT2D eigenvalue weighted by molar-refractivity contribution is 6.01. The fourth-order valence-electron chi connectivity index (χ4n) is 1.98. The summed E-state index contributed by atoms with van der Waals surface area (Å²) < 4.78 is 10.4. The molecule has 114 valence electrons. The third-order valence-electron chi connectivity index (χ3n) is 3.13. The molecule has 0 unspecified atom stereocenters. The number of amides is 3. The van der Waals surface area contributed by atoms with Crippen LogP contribution >= 0.6 is 0 Å². The zero-order chi connectivity index (χ0) is 15.4. The van der Waals surface area contributed by atoms with Gasteiger partial charge in [-0.1, -0.05) is 0 Å². The second-order valence-corrected chi connectivity index (χ2v) is 4.78. The van der Waals surface area contributed by atoms with Crippen molar-refractivity contribution in [3.05, 3.63) is 24.3 Å². The van der Waals surface area contributed by atoms with Gasteiger partial charge in [0.2, 0.25) is 5.91 Å². The Balaban J connectivity index is 1.83. The Hall–Kier alpha value is -2.28. The maximum atomic E-state index is 11.7. The van der Waals surface area contributed by atoms with Crippen molar-refractivity contribution in [2.45, 2.75) is 6.10 Å². The molecule has 1 heterocycles. The monoisotopic (exact) mass is 294 g/mol. The molecule has 1 saturated heterocycles. The number of urea groups is 1. The molecule has 1 fully saturated rings. The number of methoxy groups -OCH3 is 1. The number of carbonyl (C=O) groups is 2. The van der Waals surface area contributed by atoms with Crippen molar-refractivity contribution in [3.63, 3.8) is 0 Å². The second kappa shape index (κ2) is 6.45. The molecule has 1 atom stereocenters. The van der Waals surface area contributed by atoms with Crippen LogP contribution in [0.2, 0.25) is 0 Å². The lowest BCUT2D eigenvalue weighted by atomic mass is 10.3. The van der Waals surface area contributed by atoms with Crippen LogP contribution in [0.5, 0.6) is 11.5 Å². The molecule has 3 amide bonds. The van der Waals surface area contributed by atoms with Crippen LogP contribution in [0.15, 0.2) is 24.3 Å². The third-order valence-corrected chi connectivity index (χ3v) is 3.13. The van der Waals surface area contributed by atoms with Gasteiger partial charge in [0.25, 0.3) is 0 Å². The first kappa shape index (κ1) is 15.1. The molecule has 1 aliphatic rings. The van der Waals surface area contributed by atoms with Crippen molar-refractivity contribution in [2.75, 3.05) is 33.9 Å². The maximum absolute atomic E-state index is 11.7. The van der Waals surface area contributed by atoms with Gasteiger partial charge in [0.15, 0.2) is 0 Å². The van der Waals surface area contributed by atoms with Crippen molar-refractivity contribution >= 4 is 11.9 Å². The molecule has 2 rings (SSSR count). The van der Waals surface area contributed by atoms with Gasteiger partial charge >= 0.3 is 6.03 Å². The van der Waals surface area contributed by atoms with E-state index < -0.39 is 12.1 Å². The summed E-state index contributed by atoms with van der Waals surface area (Å²) in [5.74, 6) is 0.969. The average molecular weight is 294 g/mol. The second-order valence-electron chi connectivity index (χ2n) is 4.78. The Morgan fingerprint density at radius 2 is 1.86 bits per heavy atom. The fraction of sp³-hybridized carbons (Fsp3) is 0.429. The van der Waals surface area contributed by atoms with Crippen LogP contribution in [0.25, 0.3) is 0 Å². The summed E-state index contributed by atoms with van der Waals surface area (Å²) in [6.45, 7) is -0.0316. The van der Waals surface area contributed by atoms with E-state index in [-0.39, 0.29) is 25.6 Å². The maximum Gasteiger partial charge on any atom is 0.327 e. The normalized spacial score (nSPS) is 16.3. The predicted molar refractivity (Wildman–Crippen MR) is 74.2 cm³/mol.